The number of rotatable bonds is 8. The van der Waals surface area contributed by atoms with Crippen molar-refractivity contribution < 1.29 is 9.90 Å². The van der Waals surface area contributed by atoms with Crippen molar-refractivity contribution in [1.29, 1.82) is 0 Å². The average molecular weight is 264 g/mol. The van der Waals surface area contributed by atoms with E-state index in [1.54, 1.807) is 18.7 Å². The lowest BCUT2D eigenvalue weighted by Gasteiger charge is -2.14. The molecule has 0 fully saturated rings. The maximum atomic E-state index is 11.1. The minimum Gasteiger partial charge on any atom is -0.480 e. The maximum absolute atomic E-state index is 11.1. The molecule has 0 aliphatic carbocycles. The summed E-state index contributed by atoms with van der Waals surface area (Å²) < 4.78 is 0. The normalized spacial score (nSPS) is 12.4. The van der Waals surface area contributed by atoms with Gasteiger partial charge in [-0.2, -0.15) is 0 Å². The Bertz CT molecular complexity index is 481. The molecule has 2 aromatic rings. The Morgan fingerprint density at radius 3 is 2.53 bits per heavy atom. The Kier molecular flexibility index (Phi) is 4.65. The number of nitrogens with one attached hydrogen (secondary N) is 4. The molecule has 0 aliphatic heterocycles. The number of aromatic amines is 2. The number of imidazole rings is 2. The fourth-order valence-electron chi connectivity index (χ4n) is 1.63. The van der Waals surface area contributed by atoms with Crippen LogP contribution >= 0.6 is 0 Å². The number of aliphatic carboxylic acids is 1. The Hall–Kier alpha value is -2.19. The lowest BCUT2D eigenvalue weighted by molar-refractivity contribution is -0.139. The lowest BCUT2D eigenvalue weighted by Crippen LogP contribution is -2.47. The molecule has 0 aromatic carbocycles. The second-order valence-electron chi connectivity index (χ2n) is 4.07. The molecule has 0 saturated heterocycles. The second-order valence-corrected chi connectivity index (χ2v) is 4.07. The number of H-pyrrole nitrogens is 2. The van der Waals surface area contributed by atoms with Gasteiger partial charge in [0.2, 0.25) is 0 Å². The Balaban J connectivity index is 1.73. The van der Waals surface area contributed by atoms with Crippen molar-refractivity contribution in [2.45, 2.75) is 18.9 Å². The van der Waals surface area contributed by atoms with Crippen molar-refractivity contribution in [3.63, 3.8) is 0 Å². The molecule has 0 aliphatic rings. The van der Waals surface area contributed by atoms with Gasteiger partial charge in [0.25, 0.3) is 0 Å². The van der Waals surface area contributed by atoms with Gasteiger partial charge in [-0.05, 0) is 0 Å². The summed E-state index contributed by atoms with van der Waals surface area (Å²) in [5.41, 5.74) is 7.46. The van der Waals surface area contributed by atoms with E-state index < -0.39 is 12.0 Å². The lowest BCUT2D eigenvalue weighted by atomic mass is 10.2. The van der Waals surface area contributed by atoms with Crippen molar-refractivity contribution >= 4 is 5.97 Å². The van der Waals surface area contributed by atoms with Gasteiger partial charge >= 0.3 is 5.97 Å². The van der Waals surface area contributed by atoms with Crippen LogP contribution in [0.15, 0.2) is 25.0 Å². The van der Waals surface area contributed by atoms with Crippen LogP contribution in [0.1, 0.15) is 11.4 Å². The quantitative estimate of drug-likeness (QED) is 0.323. The standard InChI is InChI=1S/C11H16N6O2/c18-11(19)10(3-9-5-13-7-15-9)17-16-2-1-8-4-12-6-14-8/h4-7,10,16-17H,1-3H2,(H,12,14)(H,13,15)(H,18,19)/t10-/m0/s1. The van der Waals surface area contributed by atoms with Gasteiger partial charge in [0.1, 0.15) is 6.04 Å². The largest absolute Gasteiger partial charge is 0.480 e. The van der Waals surface area contributed by atoms with Gasteiger partial charge in [0.05, 0.1) is 12.7 Å². The highest BCUT2D eigenvalue weighted by molar-refractivity contribution is 5.73. The van der Waals surface area contributed by atoms with Crippen molar-refractivity contribution in [3.8, 4) is 0 Å². The molecule has 0 unspecified atom stereocenters. The molecule has 2 aromatic heterocycles. The van der Waals surface area contributed by atoms with Crippen molar-refractivity contribution in [2.24, 2.45) is 0 Å². The summed E-state index contributed by atoms with van der Waals surface area (Å²) in [7, 11) is 0. The molecule has 0 spiro atoms. The SMILES string of the molecule is O=C(O)[C@H](Cc1cnc[nH]1)NNCCc1cnc[nH]1. The molecule has 8 heteroatoms. The minimum atomic E-state index is -0.913. The van der Waals surface area contributed by atoms with Gasteiger partial charge in [0.15, 0.2) is 0 Å². The maximum Gasteiger partial charge on any atom is 0.322 e. The summed E-state index contributed by atoms with van der Waals surface area (Å²) in [5, 5.41) is 9.10. The zero-order valence-corrected chi connectivity index (χ0v) is 10.3. The fraction of sp³-hybridized carbons (Fsp3) is 0.364. The third-order valence-electron chi connectivity index (χ3n) is 2.63. The van der Waals surface area contributed by atoms with Crippen LogP contribution in [-0.4, -0.2) is 43.6 Å². The van der Waals surface area contributed by atoms with E-state index in [1.807, 2.05) is 0 Å². The van der Waals surface area contributed by atoms with Gasteiger partial charge in [-0.3, -0.25) is 10.2 Å². The molecule has 102 valence electrons. The number of carboxylic acids is 1. The third kappa shape index (κ3) is 4.19. The van der Waals surface area contributed by atoms with Crippen molar-refractivity contribution in [2.75, 3.05) is 6.54 Å². The molecular weight excluding hydrogens is 248 g/mol. The zero-order chi connectivity index (χ0) is 13.5. The average Bonchev–Trinajstić information content (AvgIpc) is 3.05. The van der Waals surface area contributed by atoms with Crippen LogP contribution in [0.5, 0.6) is 0 Å². The van der Waals surface area contributed by atoms with Gasteiger partial charge in [-0.1, -0.05) is 0 Å². The van der Waals surface area contributed by atoms with E-state index in [2.05, 4.69) is 30.8 Å². The topological polar surface area (TPSA) is 119 Å². The number of aromatic nitrogens is 4. The molecule has 0 bridgehead atoms. The molecule has 1 atom stereocenters. The molecule has 19 heavy (non-hydrogen) atoms. The van der Waals surface area contributed by atoms with E-state index in [1.165, 1.54) is 6.33 Å². The summed E-state index contributed by atoms with van der Waals surface area (Å²) in [5.74, 6) is -0.913. The van der Waals surface area contributed by atoms with E-state index in [-0.39, 0.29) is 0 Å². The molecular formula is C11H16N6O2. The highest BCUT2D eigenvalue weighted by atomic mass is 16.4. The Labute approximate surface area is 109 Å². The predicted octanol–water partition coefficient (Wildman–Crippen LogP) is -0.535. The first-order chi connectivity index (χ1) is 9.25. The van der Waals surface area contributed by atoms with Crippen LogP contribution in [0.4, 0.5) is 0 Å². The van der Waals surface area contributed by atoms with E-state index in [0.717, 1.165) is 17.8 Å². The number of carbonyl (C=O) groups is 1. The number of hydrogen-bond acceptors (Lipinski definition) is 5. The molecule has 5 N–H and O–H groups in total. The number of hydrogen-bond donors (Lipinski definition) is 5. The van der Waals surface area contributed by atoms with Gasteiger partial charge in [0, 0.05) is 43.2 Å². The van der Waals surface area contributed by atoms with Gasteiger partial charge in [-0.15, -0.1) is 0 Å². The summed E-state index contributed by atoms with van der Waals surface area (Å²) in [6, 6.07) is -0.706. The van der Waals surface area contributed by atoms with Crippen LogP contribution in [0, 0.1) is 0 Å². The predicted molar refractivity (Wildman–Crippen MR) is 67.1 cm³/mol. The van der Waals surface area contributed by atoms with Crippen LogP contribution in [0.3, 0.4) is 0 Å². The number of hydrazine groups is 1. The summed E-state index contributed by atoms with van der Waals surface area (Å²) in [6.07, 6.45) is 7.57. The van der Waals surface area contributed by atoms with E-state index in [4.69, 9.17) is 5.11 Å². The van der Waals surface area contributed by atoms with Crippen LogP contribution in [0.25, 0.3) is 0 Å². The van der Waals surface area contributed by atoms with E-state index >= 15 is 0 Å². The molecule has 0 amide bonds. The van der Waals surface area contributed by atoms with Crippen LogP contribution in [-0.2, 0) is 17.6 Å². The zero-order valence-electron chi connectivity index (χ0n) is 10.3. The molecule has 2 heterocycles. The third-order valence-corrected chi connectivity index (χ3v) is 2.63. The summed E-state index contributed by atoms with van der Waals surface area (Å²) in [4.78, 5) is 24.7. The van der Waals surface area contributed by atoms with Gasteiger partial charge in [-0.25, -0.2) is 15.4 Å². The first kappa shape index (κ1) is 13.2. The molecule has 0 saturated carbocycles. The number of carboxylic acid groups (broad SMARTS) is 1. The van der Waals surface area contributed by atoms with E-state index in [0.29, 0.717) is 13.0 Å². The van der Waals surface area contributed by atoms with E-state index in [9.17, 15) is 4.79 Å². The molecule has 8 nitrogen and oxygen atoms in total. The highest BCUT2D eigenvalue weighted by Gasteiger charge is 2.17. The fourth-order valence-corrected chi connectivity index (χ4v) is 1.63. The van der Waals surface area contributed by atoms with Crippen LogP contribution < -0.4 is 10.9 Å². The molecule has 0 radical (unpaired) electrons. The highest BCUT2D eigenvalue weighted by Crippen LogP contribution is 1.98. The van der Waals surface area contributed by atoms with Crippen molar-refractivity contribution in [1.82, 2.24) is 30.8 Å². The van der Waals surface area contributed by atoms with Crippen LogP contribution in [0.2, 0.25) is 0 Å². The first-order valence-corrected chi connectivity index (χ1v) is 5.91. The second kappa shape index (κ2) is 6.66. The first-order valence-electron chi connectivity index (χ1n) is 5.91. The van der Waals surface area contributed by atoms with Gasteiger partial charge < -0.3 is 15.1 Å². The molecule has 2 rings (SSSR count). The number of nitrogens with zero attached hydrogens (tertiary/aromatic N) is 2. The Morgan fingerprint density at radius 1 is 1.26 bits per heavy atom. The summed E-state index contributed by atoms with van der Waals surface area (Å²) >= 11 is 0. The summed E-state index contributed by atoms with van der Waals surface area (Å²) in [6.45, 7) is 0.606. The minimum absolute atomic E-state index is 0.340. The monoisotopic (exact) mass is 264 g/mol. The van der Waals surface area contributed by atoms with Crippen molar-refractivity contribution in [3.05, 3.63) is 36.4 Å². The smallest absolute Gasteiger partial charge is 0.322 e. The Morgan fingerprint density at radius 2 is 1.95 bits per heavy atom.